The fourth-order valence-corrected chi connectivity index (χ4v) is 6.17. The smallest absolute Gasteiger partial charge is 0.326 e. The predicted octanol–water partition coefficient (Wildman–Crippen LogP) is -0.194. The maximum absolute atomic E-state index is 13.1. The first kappa shape index (κ1) is 18.3. The van der Waals surface area contributed by atoms with Crippen LogP contribution in [0.25, 0.3) is 10.9 Å². The molecule has 1 atom stereocenters. The molecule has 9 nitrogen and oxygen atoms in total. The van der Waals surface area contributed by atoms with Gasteiger partial charge in [0, 0.05) is 12.3 Å². The van der Waals surface area contributed by atoms with Crippen LogP contribution in [0.5, 0.6) is 0 Å². The largest absolute Gasteiger partial charge is 0.354 e. The Morgan fingerprint density at radius 3 is 2.78 bits per heavy atom. The molecule has 0 bridgehead atoms. The number of aromatic nitrogens is 2. The molecule has 2 heterocycles. The van der Waals surface area contributed by atoms with E-state index in [0.717, 1.165) is 12.8 Å². The molecule has 1 aromatic carbocycles. The van der Waals surface area contributed by atoms with Crippen molar-refractivity contribution in [1.82, 2.24) is 19.6 Å². The van der Waals surface area contributed by atoms with E-state index < -0.39 is 27.3 Å². The number of H-pyrrole nitrogens is 2. The van der Waals surface area contributed by atoms with E-state index in [1.54, 1.807) is 0 Å². The molecule has 3 N–H and O–H groups in total. The zero-order chi connectivity index (χ0) is 19.2. The fraction of sp³-hybridized carbons (Fsp3) is 0.438. The first-order chi connectivity index (χ1) is 12.9. The van der Waals surface area contributed by atoms with Crippen LogP contribution in [0, 0.1) is 5.92 Å². The van der Waals surface area contributed by atoms with Crippen LogP contribution >= 0.6 is 11.8 Å². The number of hydrogen-bond donors (Lipinski definition) is 3. The fourth-order valence-electron chi connectivity index (χ4n) is 3.00. The average molecular weight is 410 g/mol. The predicted molar refractivity (Wildman–Crippen MR) is 101 cm³/mol. The second kappa shape index (κ2) is 6.80. The number of fused-ring (bicyclic) bond motifs is 1. The van der Waals surface area contributed by atoms with E-state index in [0.29, 0.717) is 18.2 Å². The normalized spacial score (nSPS) is 20.8. The zero-order valence-corrected chi connectivity index (χ0v) is 15.9. The maximum Gasteiger partial charge on any atom is 0.326 e. The summed E-state index contributed by atoms with van der Waals surface area (Å²) in [6, 6.07) is 3.16. The van der Waals surface area contributed by atoms with Gasteiger partial charge < -0.3 is 10.3 Å². The lowest BCUT2D eigenvalue weighted by atomic mass is 10.2. The minimum atomic E-state index is -3.97. The first-order valence-corrected chi connectivity index (χ1v) is 11.1. The lowest BCUT2D eigenvalue weighted by molar-refractivity contribution is -0.123. The van der Waals surface area contributed by atoms with Gasteiger partial charge in [0.15, 0.2) is 0 Å². The molecule has 1 saturated carbocycles. The van der Waals surface area contributed by atoms with Crippen molar-refractivity contribution >= 4 is 38.6 Å². The molecule has 27 heavy (non-hydrogen) atoms. The number of nitrogens with zero attached hydrogens (tertiary/aromatic N) is 1. The van der Waals surface area contributed by atoms with Crippen molar-refractivity contribution in [2.75, 3.05) is 18.2 Å². The Hall–Kier alpha value is -2.11. The molecule has 0 radical (unpaired) electrons. The molecule has 2 aliphatic rings. The summed E-state index contributed by atoms with van der Waals surface area (Å²) in [4.78, 5) is 40.2. The quantitative estimate of drug-likeness (QED) is 0.626. The number of carbonyl (C=O) groups is 1. The minimum Gasteiger partial charge on any atom is -0.354 e. The second-order valence-corrected chi connectivity index (χ2v) is 9.60. The Morgan fingerprint density at radius 1 is 1.26 bits per heavy atom. The number of amides is 1. The Labute approximate surface area is 158 Å². The van der Waals surface area contributed by atoms with Gasteiger partial charge in [-0.1, -0.05) is 0 Å². The third-order valence-corrected chi connectivity index (χ3v) is 7.75. The van der Waals surface area contributed by atoms with Gasteiger partial charge in [0.05, 0.1) is 21.7 Å². The molecule has 1 saturated heterocycles. The van der Waals surface area contributed by atoms with E-state index in [2.05, 4.69) is 15.3 Å². The molecule has 1 aliphatic heterocycles. The van der Waals surface area contributed by atoms with E-state index in [9.17, 15) is 22.8 Å². The van der Waals surface area contributed by atoms with Gasteiger partial charge in [-0.2, -0.15) is 4.31 Å². The molecule has 0 spiro atoms. The summed E-state index contributed by atoms with van der Waals surface area (Å²) < 4.78 is 27.3. The summed E-state index contributed by atoms with van der Waals surface area (Å²) in [7, 11) is -3.97. The van der Waals surface area contributed by atoms with Gasteiger partial charge >= 0.3 is 5.69 Å². The van der Waals surface area contributed by atoms with E-state index in [1.807, 2.05) is 0 Å². The van der Waals surface area contributed by atoms with Crippen LogP contribution in [0.4, 0.5) is 0 Å². The topological polar surface area (TPSA) is 132 Å². The van der Waals surface area contributed by atoms with Gasteiger partial charge in [0.2, 0.25) is 15.9 Å². The Morgan fingerprint density at radius 2 is 2.04 bits per heavy atom. The highest BCUT2D eigenvalue weighted by Gasteiger charge is 2.40. The van der Waals surface area contributed by atoms with Crippen LogP contribution in [0.3, 0.4) is 0 Å². The van der Waals surface area contributed by atoms with E-state index in [4.69, 9.17) is 0 Å². The van der Waals surface area contributed by atoms with Gasteiger partial charge in [0.1, 0.15) is 6.04 Å². The van der Waals surface area contributed by atoms with E-state index >= 15 is 0 Å². The third kappa shape index (κ3) is 3.54. The number of sulfonamides is 1. The average Bonchev–Trinajstić information content (AvgIpc) is 3.32. The monoisotopic (exact) mass is 410 g/mol. The maximum atomic E-state index is 13.1. The summed E-state index contributed by atoms with van der Waals surface area (Å²) >= 11 is 1.37. The van der Waals surface area contributed by atoms with Crippen LogP contribution in [0.15, 0.2) is 32.7 Å². The summed E-state index contributed by atoms with van der Waals surface area (Å²) in [5, 5.41) is 2.90. The molecular weight excluding hydrogens is 392 g/mol. The van der Waals surface area contributed by atoms with Crippen LogP contribution in [0.1, 0.15) is 12.8 Å². The Kier molecular flexibility index (Phi) is 4.60. The van der Waals surface area contributed by atoms with Crippen molar-refractivity contribution < 1.29 is 13.2 Å². The first-order valence-electron chi connectivity index (χ1n) is 8.50. The lowest BCUT2D eigenvalue weighted by Crippen LogP contribution is -2.47. The van der Waals surface area contributed by atoms with Gasteiger partial charge in [0.25, 0.3) is 5.56 Å². The van der Waals surface area contributed by atoms with Crippen LogP contribution < -0.4 is 16.6 Å². The number of thioether (sulfide) groups is 1. The van der Waals surface area contributed by atoms with E-state index in [1.165, 1.54) is 34.3 Å². The molecule has 1 aliphatic carbocycles. The molecule has 11 heteroatoms. The third-order valence-electron chi connectivity index (χ3n) is 4.72. The van der Waals surface area contributed by atoms with Crippen molar-refractivity contribution in [1.29, 1.82) is 0 Å². The summed E-state index contributed by atoms with van der Waals surface area (Å²) in [5.41, 5.74) is -1.08. The van der Waals surface area contributed by atoms with Crippen LogP contribution in [-0.2, 0) is 14.8 Å². The number of hydrogen-bond acceptors (Lipinski definition) is 6. The second-order valence-electron chi connectivity index (χ2n) is 6.71. The van der Waals surface area contributed by atoms with Crippen LogP contribution in [-0.4, -0.2) is 52.8 Å². The molecule has 1 amide bonds. The minimum absolute atomic E-state index is 0.0669. The number of benzene rings is 1. The molecule has 1 unspecified atom stereocenters. The highest BCUT2D eigenvalue weighted by molar-refractivity contribution is 8.00. The van der Waals surface area contributed by atoms with Gasteiger partial charge in [-0.15, -0.1) is 11.8 Å². The van der Waals surface area contributed by atoms with E-state index in [-0.39, 0.29) is 27.6 Å². The SMILES string of the molecule is O=C(NCC1CC1)C1CSCN1S(=O)(=O)c1ccc2[nH]c(=O)[nH]c(=O)c2c1. The highest BCUT2D eigenvalue weighted by atomic mass is 32.2. The van der Waals surface area contributed by atoms with Gasteiger partial charge in [-0.05, 0) is 37.0 Å². The van der Waals surface area contributed by atoms with Crippen molar-refractivity contribution in [3.63, 3.8) is 0 Å². The summed E-state index contributed by atoms with van der Waals surface area (Å²) in [6.45, 7) is 0.576. The van der Waals surface area contributed by atoms with Gasteiger partial charge in [-0.3, -0.25) is 14.6 Å². The number of rotatable bonds is 5. The molecule has 1 aromatic heterocycles. The van der Waals surface area contributed by atoms with Gasteiger partial charge in [-0.25, -0.2) is 13.2 Å². The lowest BCUT2D eigenvalue weighted by Gasteiger charge is -2.22. The van der Waals surface area contributed by atoms with Crippen molar-refractivity contribution in [3.8, 4) is 0 Å². The molecule has 4 rings (SSSR count). The highest BCUT2D eigenvalue weighted by Crippen LogP contribution is 2.30. The number of carbonyl (C=O) groups excluding carboxylic acids is 1. The number of aromatic amines is 2. The van der Waals surface area contributed by atoms with Crippen LogP contribution in [0.2, 0.25) is 0 Å². The molecule has 2 aromatic rings. The Balaban J connectivity index is 1.65. The molecule has 144 valence electrons. The molecule has 2 fully saturated rings. The molecular formula is C16H18N4O5S2. The number of nitrogens with one attached hydrogen (secondary N) is 3. The Bertz CT molecular complexity index is 1120. The van der Waals surface area contributed by atoms with Crippen molar-refractivity contribution in [2.24, 2.45) is 5.92 Å². The standard InChI is InChI=1S/C16H18N4O5S2/c21-14-11-5-10(3-4-12(11)18-16(23)19-14)27(24,25)20-8-26-7-13(20)15(22)17-6-9-1-2-9/h3-5,9,13H,1-2,6-8H2,(H,17,22)(H2,18,19,21,23). The van der Waals surface area contributed by atoms with Crippen molar-refractivity contribution in [2.45, 2.75) is 23.8 Å². The van der Waals surface area contributed by atoms with Crippen molar-refractivity contribution in [3.05, 3.63) is 39.0 Å². The summed E-state index contributed by atoms with van der Waals surface area (Å²) in [5.74, 6) is 0.766. The summed E-state index contributed by atoms with van der Waals surface area (Å²) in [6.07, 6.45) is 2.19. The zero-order valence-electron chi connectivity index (χ0n) is 14.2.